The van der Waals surface area contributed by atoms with Gasteiger partial charge in [-0.05, 0) is 74.7 Å². The second kappa shape index (κ2) is 5.97. The van der Waals surface area contributed by atoms with Crippen molar-refractivity contribution >= 4 is 23.2 Å². The van der Waals surface area contributed by atoms with Crippen LogP contribution in [0.3, 0.4) is 0 Å². The lowest BCUT2D eigenvalue weighted by Gasteiger charge is -2.59. The topological polar surface area (TPSA) is 72.2 Å². The number of nitrogens with zero attached hydrogens (tertiary/aromatic N) is 1. The normalized spacial score (nSPS) is 33.9. The predicted molar refractivity (Wildman–Crippen MR) is 95.6 cm³/mol. The summed E-state index contributed by atoms with van der Waals surface area (Å²) in [6.45, 7) is 2.12. The van der Waals surface area contributed by atoms with Crippen LogP contribution >= 0.6 is 11.6 Å². The number of nitro benzene ring substituents is 1. The summed E-state index contributed by atoms with van der Waals surface area (Å²) in [5.74, 6) is 2.25. The monoisotopic (exact) mass is 362 g/mol. The molecular weight excluding hydrogens is 340 g/mol. The first-order valence-electron chi connectivity index (χ1n) is 9.11. The molecule has 0 radical (unpaired) electrons. The van der Waals surface area contributed by atoms with Crippen molar-refractivity contribution < 1.29 is 9.72 Å². The third-order valence-corrected chi connectivity index (χ3v) is 7.07. The van der Waals surface area contributed by atoms with Crippen molar-refractivity contribution in [3.8, 4) is 0 Å². The maximum Gasteiger partial charge on any atom is 0.270 e. The van der Waals surface area contributed by atoms with Crippen LogP contribution in [-0.4, -0.2) is 16.9 Å². The molecule has 1 aromatic carbocycles. The first-order chi connectivity index (χ1) is 11.9. The lowest BCUT2D eigenvalue weighted by molar-refractivity contribution is -0.384. The van der Waals surface area contributed by atoms with Crippen LogP contribution in [0.5, 0.6) is 0 Å². The van der Waals surface area contributed by atoms with Crippen molar-refractivity contribution in [1.82, 2.24) is 5.32 Å². The zero-order chi connectivity index (χ0) is 17.8. The van der Waals surface area contributed by atoms with E-state index in [0.29, 0.717) is 5.56 Å². The molecule has 0 saturated heterocycles. The largest absolute Gasteiger partial charge is 0.349 e. The van der Waals surface area contributed by atoms with Crippen molar-refractivity contribution in [3.05, 3.63) is 38.9 Å². The fourth-order valence-electron chi connectivity index (χ4n) is 5.94. The van der Waals surface area contributed by atoms with E-state index in [1.165, 1.54) is 56.7 Å². The summed E-state index contributed by atoms with van der Waals surface area (Å²) in [6, 6.07) is 4.12. The van der Waals surface area contributed by atoms with Gasteiger partial charge in [-0.15, -0.1) is 0 Å². The fourth-order valence-corrected chi connectivity index (χ4v) is 6.20. The number of halogens is 1. The molecular formula is C19H23ClN2O3. The van der Waals surface area contributed by atoms with Gasteiger partial charge in [0, 0.05) is 18.2 Å². The number of carbonyl (C=O) groups is 1. The maximum atomic E-state index is 12.7. The molecule has 1 amide bonds. The van der Waals surface area contributed by atoms with Gasteiger partial charge in [-0.1, -0.05) is 11.6 Å². The third kappa shape index (κ3) is 2.92. The zero-order valence-electron chi connectivity index (χ0n) is 14.3. The molecule has 4 fully saturated rings. The lowest BCUT2D eigenvalue weighted by Crippen LogP contribution is -2.55. The van der Waals surface area contributed by atoms with Crippen LogP contribution in [0.1, 0.15) is 55.8 Å². The van der Waals surface area contributed by atoms with Crippen LogP contribution in [0.25, 0.3) is 0 Å². The molecule has 4 aliphatic rings. The molecule has 4 saturated carbocycles. The molecule has 0 aromatic heterocycles. The van der Waals surface area contributed by atoms with Crippen LogP contribution in [0.4, 0.5) is 5.69 Å². The third-order valence-electron chi connectivity index (χ3n) is 6.76. The molecule has 0 heterocycles. The van der Waals surface area contributed by atoms with Crippen LogP contribution in [0, 0.1) is 33.3 Å². The van der Waals surface area contributed by atoms with E-state index in [4.69, 9.17) is 11.6 Å². The summed E-state index contributed by atoms with van der Waals surface area (Å²) in [7, 11) is 0. The van der Waals surface area contributed by atoms with Gasteiger partial charge < -0.3 is 5.32 Å². The molecule has 1 N–H and O–H groups in total. The molecule has 1 aromatic rings. The van der Waals surface area contributed by atoms with Gasteiger partial charge in [0.1, 0.15) is 0 Å². The smallest absolute Gasteiger partial charge is 0.270 e. The molecule has 5 nitrogen and oxygen atoms in total. The van der Waals surface area contributed by atoms with Gasteiger partial charge in [0.25, 0.3) is 11.6 Å². The van der Waals surface area contributed by atoms with Gasteiger partial charge in [0.15, 0.2) is 0 Å². The number of hydrogen-bond donors (Lipinski definition) is 1. The Morgan fingerprint density at radius 2 is 1.80 bits per heavy atom. The molecule has 25 heavy (non-hydrogen) atoms. The Hall–Kier alpha value is -1.62. The quantitative estimate of drug-likeness (QED) is 0.629. The highest BCUT2D eigenvalue weighted by Gasteiger charge is 2.53. The molecule has 5 rings (SSSR count). The fraction of sp³-hybridized carbons (Fsp3) is 0.632. The molecule has 0 unspecified atom stereocenters. The van der Waals surface area contributed by atoms with Crippen molar-refractivity contribution in [2.75, 3.05) is 0 Å². The second-order valence-corrected chi connectivity index (χ2v) is 8.80. The van der Waals surface area contributed by atoms with E-state index in [2.05, 4.69) is 12.2 Å². The Bertz CT molecular complexity index is 698. The Morgan fingerprint density at radius 1 is 1.24 bits per heavy atom. The molecule has 6 heteroatoms. The first kappa shape index (κ1) is 16.8. The number of rotatable bonds is 4. The second-order valence-electron chi connectivity index (χ2n) is 8.40. The average molecular weight is 363 g/mol. The summed E-state index contributed by atoms with van der Waals surface area (Å²) in [5.41, 5.74) is 0.428. The minimum absolute atomic E-state index is 0.0969. The Morgan fingerprint density at radius 3 is 2.28 bits per heavy atom. The molecule has 4 aliphatic carbocycles. The van der Waals surface area contributed by atoms with Crippen LogP contribution < -0.4 is 5.32 Å². The number of nitro groups is 1. The van der Waals surface area contributed by atoms with E-state index < -0.39 is 4.92 Å². The number of benzene rings is 1. The minimum Gasteiger partial charge on any atom is -0.349 e. The Labute approximate surface area is 152 Å². The van der Waals surface area contributed by atoms with E-state index in [0.717, 1.165) is 17.8 Å². The lowest BCUT2D eigenvalue weighted by atomic mass is 9.48. The van der Waals surface area contributed by atoms with Crippen molar-refractivity contribution in [2.45, 2.75) is 51.5 Å². The summed E-state index contributed by atoms with van der Waals surface area (Å²) in [4.78, 5) is 23.0. The summed E-state index contributed by atoms with van der Waals surface area (Å²) in [6.07, 6.45) is 7.76. The van der Waals surface area contributed by atoms with Gasteiger partial charge in [-0.25, -0.2) is 0 Å². The maximum absolute atomic E-state index is 12.7. The highest BCUT2D eigenvalue weighted by atomic mass is 35.5. The van der Waals surface area contributed by atoms with Crippen LogP contribution in [0.2, 0.25) is 5.02 Å². The molecule has 4 bridgehead atoms. The summed E-state index contributed by atoms with van der Waals surface area (Å²) < 4.78 is 0. The molecule has 0 aliphatic heterocycles. The van der Waals surface area contributed by atoms with Gasteiger partial charge in [-0.3, -0.25) is 14.9 Å². The molecule has 134 valence electrons. The molecule has 1 atom stereocenters. The number of hydrogen-bond acceptors (Lipinski definition) is 3. The van der Waals surface area contributed by atoms with Gasteiger partial charge >= 0.3 is 0 Å². The SMILES string of the molecule is C[C@@H](NC(=O)c1ccc([N+](=O)[O-])cc1Cl)C12CC3CC(CC(C3)C1)C2. The number of non-ortho nitro benzene ring substituents is 1. The summed E-state index contributed by atoms with van der Waals surface area (Å²) >= 11 is 6.11. The average Bonchev–Trinajstić information content (AvgIpc) is 2.53. The van der Waals surface area contributed by atoms with E-state index in [1.807, 2.05) is 0 Å². The Balaban J connectivity index is 1.50. The zero-order valence-corrected chi connectivity index (χ0v) is 15.1. The van der Waals surface area contributed by atoms with Crippen molar-refractivity contribution in [2.24, 2.45) is 23.2 Å². The highest BCUT2D eigenvalue weighted by molar-refractivity contribution is 6.34. The minimum atomic E-state index is -0.508. The number of carbonyl (C=O) groups excluding carboxylic acids is 1. The van der Waals surface area contributed by atoms with E-state index in [9.17, 15) is 14.9 Å². The van der Waals surface area contributed by atoms with Crippen molar-refractivity contribution in [3.63, 3.8) is 0 Å². The predicted octanol–water partition coefficient (Wildman–Crippen LogP) is 4.58. The van der Waals surface area contributed by atoms with Gasteiger partial charge in [-0.2, -0.15) is 0 Å². The highest BCUT2D eigenvalue weighted by Crippen LogP contribution is 2.61. The van der Waals surface area contributed by atoms with E-state index in [1.54, 1.807) is 0 Å². The number of nitrogens with one attached hydrogen (secondary N) is 1. The summed E-state index contributed by atoms with van der Waals surface area (Å²) in [5, 5.41) is 14.1. The molecule has 0 spiro atoms. The van der Waals surface area contributed by atoms with Crippen LogP contribution in [-0.2, 0) is 0 Å². The van der Waals surface area contributed by atoms with Crippen LogP contribution in [0.15, 0.2) is 18.2 Å². The van der Waals surface area contributed by atoms with E-state index in [-0.39, 0.29) is 28.1 Å². The van der Waals surface area contributed by atoms with Gasteiger partial charge in [0.05, 0.1) is 15.5 Å². The number of amides is 1. The van der Waals surface area contributed by atoms with Gasteiger partial charge in [0.2, 0.25) is 0 Å². The van der Waals surface area contributed by atoms with Crippen molar-refractivity contribution in [1.29, 1.82) is 0 Å². The Kier molecular flexibility index (Phi) is 4.02. The van der Waals surface area contributed by atoms with E-state index >= 15 is 0 Å². The first-order valence-corrected chi connectivity index (χ1v) is 9.49. The standard InChI is InChI=1S/C19H23ClN2O3/c1-11(19-8-12-4-13(9-19)6-14(5-12)10-19)21-18(23)16-3-2-15(22(24)25)7-17(16)20/h2-3,7,11-14H,4-6,8-10H2,1H3,(H,21,23)/t11-,12?,13?,14?,19?/m1/s1.